The van der Waals surface area contributed by atoms with Crippen LogP contribution in [-0.4, -0.2) is 11.6 Å². The van der Waals surface area contributed by atoms with E-state index in [0.29, 0.717) is 18.3 Å². The fourth-order valence-electron chi connectivity index (χ4n) is 2.65. The minimum absolute atomic E-state index is 0.293. The molecule has 0 saturated heterocycles. The Kier molecular flexibility index (Phi) is 5.17. The van der Waals surface area contributed by atoms with Gasteiger partial charge in [0, 0.05) is 11.6 Å². The van der Waals surface area contributed by atoms with Crippen LogP contribution >= 0.6 is 0 Å². The average molecular weight is 265 g/mol. The minimum Gasteiger partial charge on any atom is -0.489 e. The van der Waals surface area contributed by atoms with Crippen molar-refractivity contribution in [1.29, 1.82) is 0 Å². The zero-order valence-corrected chi connectivity index (χ0v) is 12.0. The van der Waals surface area contributed by atoms with E-state index in [4.69, 9.17) is 4.74 Å². The first kappa shape index (κ1) is 14.3. The number of rotatable bonds is 5. The van der Waals surface area contributed by atoms with E-state index >= 15 is 0 Å². The third-order valence-corrected chi connectivity index (χ3v) is 4.03. The molecule has 0 spiro atoms. The monoisotopic (exact) mass is 265 g/mol. The van der Waals surface area contributed by atoms with Crippen LogP contribution in [0.4, 0.5) is 4.39 Å². The van der Waals surface area contributed by atoms with Gasteiger partial charge in [0.05, 0.1) is 6.61 Å². The second-order valence-corrected chi connectivity index (χ2v) is 5.68. The van der Waals surface area contributed by atoms with Crippen molar-refractivity contribution >= 4 is 0 Å². The summed E-state index contributed by atoms with van der Waals surface area (Å²) in [5.41, 5.74) is 0.896. The molecule has 19 heavy (non-hydrogen) atoms. The molecule has 0 aromatic carbocycles. The van der Waals surface area contributed by atoms with Gasteiger partial charge in [-0.2, -0.15) is 4.39 Å². The number of hydrogen-bond acceptors (Lipinski definition) is 2. The maximum atomic E-state index is 13.9. The molecule has 0 radical (unpaired) electrons. The standard InChI is InChI=1S/C16H24FNO/c1-3-4-11-19-15-10-9-14(18-16(15)17)13-7-5-12(2)6-8-13/h9-10,12-13H,3-8,11H2,1-2H3. The van der Waals surface area contributed by atoms with E-state index < -0.39 is 5.95 Å². The van der Waals surface area contributed by atoms with Crippen LogP contribution in [0.15, 0.2) is 12.1 Å². The van der Waals surface area contributed by atoms with Crippen LogP contribution < -0.4 is 4.74 Å². The number of halogens is 1. The van der Waals surface area contributed by atoms with Gasteiger partial charge in [-0.1, -0.05) is 33.1 Å². The van der Waals surface area contributed by atoms with Gasteiger partial charge < -0.3 is 4.74 Å². The van der Waals surface area contributed by atoms with Crippen molar-refractivity contribution in [3.8, 4) is 5.75 Å². The lowest BCUT2D eigenvalue weighted by Crippen LogP contribution is -2.12. The van der Waals surface area contributed by atoms with E-state index in [1.165, 1.54) is 12.8 Å². The maximum Gasteiger partial charge on any atom is 0.255 e. The predicted octanol–water partition coefficient (Wildman–Crippen LogP) is 4.69. The topological polar surface area (TPSA) is 22.1 Å². The number of unbranched alkanes of at least 4 members (excludes halogenated alkanes) is 1. The highest BCUT2D eigenvalue weighted by Crippen LogP contribution is 2.35. The Morgan fingerprint density at radius 1 is 1.26 bits per heavy atom. The van der Waals surface area contributed by atoms with E-state index in [-0.39, 0.29) is 0 Å². The molecule has 106 valence electrons. The number of nitrogens with zero attached hydrogens (tertiary/aromatic N) is 1. The summed E-state index contributed by atoms with van der Waals surface area (Å²) in [6, 6.07) is 3.68. The highest BCUT2D eigenvalue weighted by molar-refractivity contribution is 5.23. The van der Waals surface area contributed by atoms with Gasteiger partial charge in [-0.15, -0.1) is 0 Å². The molecule has 0 bridgehead atoms. The number of aromatic nitrogens is 1. The Hall–Kier alpha value is -1.12. The molecule has 0 atom stereocenters. The molecule has 0 aliphatic heterocycles. The first-order chi connectivity index (χ1) is 9.20. The summed E-state index contributed by atoms with van der Waals surface area (Å²) < 4.78 is 19.3. The van der Waals surface area contributed by atoms with Crippen LogP contribution in [0, 0.1) is 11.9 Å². The summed E-state index contributed by atoms with van der Waals surface area (Å²) in [6.45, 7) is 4.94. The van der Waals surface area contributed by atoms with Crippen molar-refractivity contribution < 1.29 is 9.13 Å². The Labute approximate surface area is 115 Å². The Morgan fingerprint density at radius 3 is 2.63 bits per heavy atom. The molecular formula is C16H24FNO. The van der Waals surface area contributed by atoms with E-state index in [0.717, 1.165) is 37.3 Å². The van der Waals surface area contributed by atoms with Crippen molar-refractivity contribution in [1.82, 2.24) is 4.98 Å². The van der Waals surface area contributed by atoms with Crippen LogP contribution in [0.5, 0.6) is 5.75 Å². The molecule has 1 aliphatic carbocycles. The van der Waals surface area contributed by atoms with Gasteiger partial charge >= 0.3 is 0 Å². The molecule has 1 fully saturated rings. The molecule has 3 heteroatoms. The normalized spacial score (nSPS) is 23.3. The average Bonchev–Trinajstić information content (AvgIpc) is 2.42. The molecule has 0 amide bonds. The second-order valence-electron chi connectivity index (χ2n) is 5.68. The quantitative estimate of drug-likeness (QED) is 0.569. The third-order valence-electron chi connectivity index (χ3n) is 4.03. The molecule has 1 aromatic heterocycles. The van der Waals surface area contributed by atoms with Crippen LogP contribution in [0.2, 0.25) is 0 Å². The van der Waals surface area contributed by atoms with Crippen molar-refractivity contribution in [2.24, 2.45) is 5.92 Å². The van der Waals surface area contributed by atoms with Gasteiger partial charge in [-0.25, -0.2) is 4.98 Å². The highest BCUT2D eigenvalue weighted by Gasteiger charge is 2.21. The lowest BCUT2D eigenvalue weighted by atomic mass is 9.81. The second kappa shape index (κ2) is 6.88. The molecule has 1 aromatic rings. The van der Waals surface area contributed by atoms with Crippen molar-refractivity contribution in [2.45, 2.75) is 58.3 Å². The van der Waals surface area contributed by atoms with Gasteiger partial charge in [0.25, 0.3) is 5.95 Å². The van der Waals surface area contributed by atoms with E-state index in [1.807, 2.05) is 6.07 Å². The summed E-state index contributed by atoms with van der Waals surface area (Å²) in [4.78, 5) is 4.11. The first-order valence-corrected chi connectivity index (χ1v) is 7.50. The van der Waals surface area contributed by atoms with Gasteiger partial charge in [0.1, 0.15) is 0 Å². The summed E-state index contributed by atoms with van der Waals surface area (Å²) in [5, 5.41) is 0. The summed E-state index contributed by atoms with van der Waals surface area (Å²) in [7, 11) is 0. The number of ether oxygens (including phenoxy) is 1. The predicted molar refractivity (Wildman–Crippen MR) is 75.0 cm³/mol. The van der Waals surface area contributed by atoms with Crippen LogP contribution in [0.3, 0.4) is 0 Å². The zero-order valence-electron chi connectivity index (χ0n) is 12.0. The van der Waals surface area contributed by atoms with Gasteiger partial charge in [0.2, 0.25) is 0 Å². The lowest BCUT2D eigenvalue weighted by Gasteiger charge is -2.25. The van der Waals surface area contributed by atoms with Crippen LogP contribution in [0.1, 0.15) is 64.0 Å². The lowest BCUT2D eigenvalue weighted by molar-refractivity contribution is 0.287. The molecule has 0 unspecified atom stereocenters. The number of hydrogen-bond donors (Lipinski definition) is 0. The van der Waals surface area contributed by atoms with Crippen LogP contribution in [0.25, 0.3) is 0 Å². The molecular weight excluding hydrogens is 241 g/mol. The molecule has 2 rings (SSSR count). The SMILES string of the molecule is CCCCOc1ccc(C2CCC(C)CC2)nc1F. The molecule has 1 heterocycles. The van der Waals surface area contributed by atoms with Crippen molar-refractivity contribution in [2.75, 3.05) is 6.61 Å². The molecule has 1 saturated carbocycles. The van der Waals surface area contributed by atoms with Gasteiger partial charge in [-0.3, -0.25) is 0 Å². The van der Waals surface area contributed by atoms with Gasteiger partial charge in [0.15, 0.2) is 5.75 Å². The Balaban J connectivity index is 1.98. The minimum atomic E-state index is -0.452. The third kappa shape index (κ3) is 3.92. The summed E-state index contributed by atoms with van der Waals surface area (Å²) in [5.74, 6) is 1.07. The Morgan fingerprint density at radius 2 is 2.00 bits per heavy atom. The number of pyridine rings is 1. The molecule has 0 N–H and O–H groups in total. The summed E-state index contributed by atoms with van der Waals surface area (Å²) in [6.07, 6.45) is 6.70. The summed E-state index contributed by atoms with van der Waals surface area (Å²) >= 11 is 0. The highest BCUT2D eigenvalue weighted by atomic mass is 19.1. The van der Waals surface area contributed by atoms with Crippen molar-refractivity contribution in [3.05, 3.63) is 23.8 Å². The van der Waals surface area contributed by atoms with Gasteiger partial charge in [-0.05, 0) is 37.3 Å². The fraction of sp³-hybridized carbons (Fsp3) is 0.688. The Bertz CT molecular complexity index is 400. The van der Waals surface area contributed by atoms with Crippen molar-refractivity contribution in [3.63, 3.8) is 0 Å². The fourth-order valence-corrected chi connectivity index (χ4v) is 2.65. The largest absolute Gasteiger partial charge is 0.489 e. The van der Waals surface area contributed by atoms with E-state index in [1.54, 1.807) is 6.07 Å². The first-order valence-electron chi connectivity index (χ1n) is 7.50. The molecule has 1 aliphatic rings. The molecule has 2 nitrogen and oxygen atoms in total. The van der Waals surface area contributed by atoms with E-state index in [9.17, 15) is 4.39 Å². The smallest absolute Gasteiger partial charge is 0.255 e. The van der Waals surface area contributed by atoms with E-state index in [2.05, 4.69) is 18.8 Å². The maximum absolute atomic E-state index is 13.9. The van der Waals surface area contributed by atoms with Crippen LogP contribution in [-0.2, 0) is 0 Å². The zero-order chi connectivity index (χ0) is 13.7.